The minimum absolute atomic E-state index is 0.123. The van der Waals surface area contributed by atoms with Crippen LogP contribution in [-0.4, -0.2) is 21.5 Å². The van der Waals surface area contributed by atoms with Gasteiger partial charge in [0.2, 0.25) is 0 Å². The lowest BCUT2D eigenvalue weighted by molar-refractivity contribution is -0.119. The lowest BCUT2D eigenvalue weighted by Crippen LogP contribution is -2.44. The van der Waals surface area contributed by atoms with E-state index in [-0.39, 0.29) is 28.3 Å². The Labute approximate surface area is 213 Å². The van der Waals surface area contributed by atoms with Gasteiger partial charge in [-0.15, -0.1) is 0 Å². The van der Waals surface area contributed by atoms with E-state index in [9.17, 15) is 9.59 Å². The quantitative estimate of drug-likeness (QED) is 0.439. The van der Waals surface area contributed by atoms with Crippen molar-refractivity contribution in [2.45, 2.75) is 65.8 Å². The maximum Gasteiger partial charge on any atom is 0.162 e. The fourth-order valence-corrected chi connectivity index (χ4v) is 6.65. The molecule has 2 heterocycles. The van der Waals surface area contributed by atoms with Crippen molar-refractivity contribution in [3.05, 3.63) is 94.5 Å². The molecule has 3 aromatic rings. The lowest BCUT2D eigenvalue weighted by atomic mass is 9.63. The lowest BCUT2D eigenvalue weighted by Gasteiger charge is -2.49. The summed E-state index contributed by atoms with van der Waals surface area (Å²) in [5, 5.41) is 1.09. The second-order valence-corrected chi connectivity index (χ2v) is 12.4. The average molecular weight is 479 g/mol. The van der Waals surface area contributed by atoms with Gasteiger partial charge >= 0.3 is 0 Å². The van der Waals surface area contributed by atoms with E-state index in [2.05, 4.69) is 74.0 Å². The summed E-state index contributed by atoms with van der Waals surface area (Å²) in [6.45, 7) is 9.43. The highest BCUT2D eigenvalue weighted by molar-refractivity contribution is 6.08. The molecule has 0 radical (unpaired) electrons. The molecule has 0 saturated heterocycles. The molecular formula is C32H34N2O2. The summed E-state index contributed by atoms with van der Waals surface area (Å²) in [7, 11) is 0. The van der Waals surface area contributed by atoms with Crippen LogP contribution in [0.15, 0.2) is 83.3 Å². The Kier molecular flexibility index (Phi) is 5.15. The SMILES string of the molecule is CC1(C)CC(=O)C2=C(C1)N(Cc1ccccc1)C1=C(C(=O)CC(C)(C)C1)C2c1c[nH]c2ccccc12. The number of allylic oxidation sites excluding steroid dienone is 4. The molecule has 0 fully saturated rings. The number of Topliss-reactive ketones (excluding diaryl/α,β-unsaturated/α-hetero) is 2. The largest absolute Gasteiger partial charge is 0.361 e. The van der Waals surface area contributed by atoms with Crippen LogP contribution in [0.2, 0.25) is 0 Å². The molecule has 3 aliphatic rings. The third-order valence-corrected chi connectivity index (χ3v) is 8.14. The molecule has 6 rings (SSSR count). The van der Waals surface area contributed by atoms with Crippen LogP contribution in [0.3, 0.4) is 0 Å². The van der Waals surface area contributed by atoms with Crippen molar-refractivity contribution in [2.75, 3.05) is 0 Å². The molecule has 1 aliphatic heterocycles. The van der Waals surface area contributed by atoms with E-state index in [4.69, 9.17) is 0 Å². The zero-order valence-electron chi connectivity index (χ0n) is 21.7. The number of aromatic amines is 1. The maximum absolute atomic E-state index is 14.0. The Hall–Kier alpha value is -3.40. The van der Waals surface area contributed by atoms with Gasteiger partial charge in [-0.3, -0.25) is 9.59 Å². The van der Waals surface area contributed by atoms with Crippen LogP contribution in [0.4, 0.5) is 0 Å². The van der Waals surface area contributed by atoms with Gasteiger partial charge in [0.15, 0.2) is 11.6 Å². The summed E-state index contributed by atoms with van der Waals surface area (Å²) in [6, 6.07) is 18.6. The zero-order chi connectivity index (χ0) is 25.2. The Morgan fingerprint density at radius 2 is 1.33 bits per heavy atom. The van der Waals surface area contributed by atoms with Crippen molar-refractivity contribution in [3.8, 4) is 0 Å². The normalized spacial score (nSPS) is 21.7. The highest BCUT2D eigenvalue weighted by atomic mass is 16.1. The Bertz CT molecular complexity index is 1400. The number of hydrogen-bond acceptors (Lipinski definition) is 3. The van der Waals surface area contributed by atoms with E-state index in [1.165, 1.54) is 5.56 Å². The number of rotatable bonds is 3. The smallest absolute Gasteiger partial charge is 0.162 e. The van der Waals surface area contributed by atoms with Crippen LogP contribution >= 0.6 is 0 Å². The Morgan fingerprint density at radius 3 is 1.94 bits per heavy atom. The molecule has 0 saturated carbocycles. The van der Waals surface area contributed by atoms with E-state index < -0.39 is 0 Å². The molecule has 0 unspecified atom stereocenters. The van der Waals surface area contributed by atoms with Gasteiger partial charge in [-0.25, -0.2) is 0 Å². The third kappa shape index (κ3) is 3.75. The van der Waals surface area contributed by atoms with E-state index >= 15 is 0 Å². The fraction of sp³-hybridized carbons (Fsp3) is 0.375. The minimum Gasteiger partial charge on any atom is -0.361 e. The number of fused-ring (bicyclic) bond motifs is 1. The van der Waals surface area contributed by atoms with Crippen molar-refractivity contribution in [3.63, 3.8) is 0 Å². The molecule has 1 N–H and O–H groups in total. The second kappa shape index (κ2) is 8.06. The molecule has 4 heteroatoms. The molecular weight excluding hydrogens is 444 g/mol. The van der Waals surface area contributed by atoms with Crippen molar-refractivity contribution in [1.29, 1.82) is 0 Å². The summed E-state index contributed by atoms with van der Waals surface area (Å²) in [4.78, 5) is 33.7. The molecule has 184 valence electrons. The second-order valence-electron chi connectivity index (χ2n) is 12.4. The van der Waals surface area contributed by atoms with Crippen LogP contribution in [0, 0.1) is 10.8 Å². The number of aromatic nitrogens is 1. The summed E-state index contributed by atoms with van der Waals surface area (Å²) in [5.74, 6) is 0.0444. The van der Waals surface area contributed by atoms with Crippen LogP contribution in [-0.2, 0) is 16.1 Å². The van der Waals surface area contributed by atoms with Crippen LogP contribution in [0.1, 0.15) is 70.4 Å². The molecule has 0 bridgehead atoms. The fourth-order valence-electron chi connectivity index (χ4n) is 6.65. The summed E-state index contributed by atoms with van der Waals surface area (Å²) in [5.41, 5.74) is 6.92. The first kappa shape index (κ1) is 23.0. The predicted octanol–water partition coefficient (Wildman–Crippen LogP) is 7.05. The van der Waals surface area contributed by atoms with Crippen molar-refractivity contribution in [1.82, 2.24) is 9.88 Å². The number of hydrogen-bond donors (Lipinski definition) is 1. The van der Waals surface area contributed by atoms with Crippen molar-refractivity contribution < 1.29 is 9.59 Å². The summed E-state index contributed by atoms with van der Waals surface area (Å²) < 4.78 is 0. The van der Waals surface area contributed by atoms with Crippen molar-refractivity contribution in [2.24, 2.45) is 10.8 Å². The molecule has 4 nitrogen and oxygen atoms in total. The first-order valence-corrected chi connectivity index (χ1v) is 13.0. The highest BCUT2D eigenvalue weighted by Gasteiger charge is 2.49. The number of nitrogens with zero attached hydrogens (tertiary/aromatic N) is 1. The molecule has 0 atom stereocenters. The number of para-hydroxylation sites is 1. The van der Waals surface area contributed by atoms with E-state index in [1.54, 1.807) is 0 Å². The van der Waals surface area contributed by atoms with Gasteiger partial charge in [-0.2, -0.15) is 0 Å². The first-order valence-electron chi connectivity index (χ1n) is 13.0. The van der Waals surface area contributed by atoms with Gasteiger partial charge in [-0.05, 0) is 40.9 Å². The monoisotopic (exact) mass is 478 g/mol. The zero-order valence-corrected chi connectivity index (χ0v) is 21.7. The number of carbonyl (C=O) groups is 2. The van der Waals surface area contributed by atoms with E-state index in [0.29, 0.717) is 19.4 Å². The molecule has 0 amide bonds. The van der Waals surface area contributed by atoms with Gasteiger partial charge in [0.1, 0.15) is 0 Å². The van der Waals surface area contributed by atoms with Crippen LogP contribution in [0.5, 0.6) is 0 Å². The van der Waals surface area contributed by atoms with Crippen LogP contribution < -0.4 is 0 Å². The Morgan fingerprint density at radius 1 is 0.778 bits per heavy atom. The van der Waals surface area contributed by atoms with E-state index in [0.717, 1.165) is 51.8 Å². The maximum atomic E-state index is 14.0. The molecule has 36 heavy (non-hydrogen) atoms. The molecule has 2 aromatic carbocycles. The third-order valence-electron chi connectivity index (χ3n) is 8.14. The van der Waals surface area contributed by atoms with Gasteiger partial charge in [0, 0.05) is 64.9 Å². The molecule has 1 aromatic heterocycles. The summed E-state index contributed by atoms with van der Waals surface area (Å²) in [6.07, 6.45) is 4.69. The van der Waals surface area contributed by atoms with E-state index in [1.807, 2.05) is 24.4 Å². The standard InChI is InChI=1S/C32H34N2O2/c1-31(2)14-24-29(26(35)16-31)28(22-18-33-23-13-9-8-12-21(22)23)30-25(15-32(3,4)17-27(30)36)34(24)19-20-10-6-5-7-11-20/h5-13,18,28,33H,14-17,19H2,1-4H3. The topological polar surface area (TPSA) is 53.2 Å². The average Bonchev–Trinajstić information content (AvgIpc) is 3.23. The van der Waals surface area contributed by atoms with Crippen molar-refractivity contribution >= 4 is 22.5 Å². The summed E-state index contributed by atoms with van der Waals surface area (Å²) >= 11 is 0. The van der Waals surface area contributed by atoms with Gasteiger partial charge in [0.05, 0.1) is 0 Å². The van der Waals surface area contributed by atoms with Gasteiger partial charge in [0.25, 0.3) is 0 Å². The number of benzene rings is 2. The molecule has 0 spiro atoms. The molecule has 2 aliphatic carbocycles. The first-order chi connectivity index (χ1) is 17.1. The highest BCUT2D eigenvalue weighted by Crippen LogP contribution is 2.55. The predicted molar refractivity (Wildman–Crippen MR) is 143 cm³/mol. The minimum atomic E-state index is -0.314. The Balaban J connectivity index is 1.63. The number of carbonyl (C=O) groups excluding carboxylic acids is 2. The number of nitrogens with one attached hydrogen (secondary N) is 1. The number of H-pyrrole nitrogens is 1. The van der Waals surface area contributed by atoms with Gasteiger partial charge in [-0.1, -0.05) is 76.2 Å². The van der Waals surface area contributed by atoms with Gasteiger partial charge < -0.3 is 9.88 Å². The van der Waals surface area contributed by atoms with Crippen LogP contribution in [0.25, 0.3) is 10.9 Å². The number of ketones is 2.